The summed E-state index contributed by atoms with van der Waals surface area (Å²) in [7, 11) is 1.52. The largest absolute Gasteiger partial charge is 0.370 e. The SMILES string of the molecule is CC(CC(N)=O)N(C)C(N)=O. The van der Waals surface area contributed by atoms with E-state index in [1.54, 1.807) is 6.92 Å². The third kappa shape index (κ3) is 3.44. The van der Waals surface area contributed by atoms with Gasteiger partial charge in [-0.2, -0.15) is 0 Å². The molecule has 0 aliphatic heterocycles. The van der Waals surface area contributed by atoms with Crippen molar-refractivity contribution in [1.29, 1.82) is 0 Å². The molecule has 5 heteroatoms. The van der Waals surface area contributed by atoms with Crippen molar-refractivity contribution in [3.63, 3.8) is 0 Å². The van der Waals surface area contributed by atoms with Crippen LogP contribution in [0, 0.1) is 0 Å². The van der Waals surface area contributed by atoms with Gasteiger partial charge in [0.25, 0.3) is 0 Å². The van der Waals surface area contributed by atoms with Gasteiger partial charge in [-0.1, -0.05) is 0 Å². The number of hydrogen-bond acceptors (Lipinski definition) is 2. The van der Waals surface area contributed by atoms with Gasteiger partial charge in [0.15, 0.2) is 0 Å². The molecule has 0 bridgehead atoms. The first-order valence-corrected chi connectivity index (χ1v) is 3.25. The summed E-state index contributed by atoms with van der Waals surface area (Å²) in [5.74, 6) is -0.439. The Hall–Kier alpha value is -1.26. The van der Waals surface area contributed by atoms with Crippen LogP contribution in [0.3, 0.4) is 0 Å². The Morgan fingerprint density at radius 2 is 1.91 bits per heavy atom. The number of carbonyl (C=O) groups is 2. The molecule has 0 rings (SSSR count). The van der Waals surface area contributed by atoms with Gasteiger partial charge in [-0.25, -0.2) is 4.79 Å². The quantitative estimate of drug-likeness (QED) is 0.568. The summed E-state index contributed by atoms with van der Waals surface area (Å²) in [5, 5.41) is 0. The molecule has 0 saturated carbocycles. The first-order chi connectivity index (χ1) is 4.95. The van der Waals surface area contributed by atoms with Crippen molar-refractivity contribution >= 4 is 11.9 Å². The first kappa shape index (κ1) is 9.74. The zero-order chi connectivity index (χ0) is 9.02. The van der Waals surface area contributed by atoms with E-state index in [1.807, 2.05) is 0 Å². The van der Waals surface area contributed by atoms with Crippen molar-refractivity contribution < 1.29 is 9.59 Å². The summed E-state index contributed by atoms with van der Waals surface area (Å²) >= 11 is 0. The minimum Gasteiger partial charge on any atom is -0.370 e. The van der Waals surface area contributed by atoms with Crippen molar-refractivity contribution in [2.24, 2.45) is 11.5 Å². The van der Waals surface area contributed by atoms with Crippen LogP contribution in [0.4, 0.5) is 4.79 Å². The van der Waals surface area contributed by atoms with Crippen LogP contribution in [-0.2, 0) is 4.79 Å². The minimum atomic E-state index is -0.557. The average Bonchev–Trinajstić information content (AvgIpc) is 1.84. The van der Waals surface area contributed by atoms with Gasteiger partial charge in [0.1, 0.15) is 0 Å². The summed E-state index contributed by atoms with van der Waals surface area (Å²) < 4.78 is 0. The van der Waals surface area contributed by atoms with Crippen molar-refractivity contribution in [2.75, 3.05) is 7.05 Å². The number of amides is 3. The fourth-order valence-electron chi connectivity index (χ4n) is 0.645. The van der Waals surface area contributed by atoms with E-state index in [-0.39, 0.29) is 12.5 Å². The molecule has 0 aliphatic carbocycles. The molecule has 0 aromatic carbocycles. The summed E-state index contributed by atoms with van der Waals surface area (Å²) in [6.45, 7) is 1.70. The van der Waals surface area contributed by atoms with E-state index in [0.29, 0.717) is 0 Å². The molecule has 64 valence electrons. The van der Waals surface area contributed by atoms with Gasteiger partial charge in [-0.3, -0.25) is 4.79 Å². The third-order valence-electron chi connectivity index (χ3n) is 1.51. The molecule has 1 unspecified atom stereocenters. The maximum absolute atomic E-state index is 10.5. The van der Waals surface area contributed by atoms with Gasteiger partial charge < -0.3 is 16.4 Å². The van der Waals surface area contributed by atoms with E-state index in [4.69, 9.17) is 11.5 Å². The molecule has 0 radical (unpaired) electrons. The fourth-order valence-corrected chi connectivity index (χ4v) is 0.645. The molecule has 0 aromatic rings. The summed E-state index contributed by atoms with van der Waals surface area (Å²) in [5.41, 5.74) is 9.86. The molecule has 0 spiro atoms. The summed E-state index contributed by atoms with van der Waals surface area (Å²) in [4.78, 5) is 22.2. The zero-order valence-electron chi connectivity index (χ0n) is 6.70. The highest BCUT2D eigenvalue weighted by molar-refractivity contribution is 5.76. The van der Waals surface area contributed by atoms with Crippen LogP contribution in [0.1, 0.15) is 13.3 Å². The van der Waals surface area contributed by atoms with Gasteiger partial charge in [0.2, 0.25) is 5.91 Å². The van der Waals surface area contributed by atoms with E-state index in [1.165, 1.54) is 11.9 Å². The highest BCUT2D eigenvalue weighted by atomic mass is 16.2. The Balaban J connectivity index is 3.92. The van der Waals surface area contributed by atoms with Gasteiger partial charge in [-0.05, 0) is 6.92 Å². The smallest absolute Gasteiger partial charge is 0.314 e. The lowest BCUT2D eigenvalue weighted by atomic mass is 10.2. The molecule has 0 fully saturated rings. The normalized spacial score (nSPS) is 12.2. The predicted molar refractivity (Wildman–Crippen MR) is 40.6 cm³/mol. The molecule has 0 aromatic heterocycles. The van der Waals surface area contributed by atoms with Crippen molar-refractivity contribution in [2.45, 2.75) is 19.4 Å². The number of nitrogens with zero attached hydrogens (tertiary/aromatic N) is 1. The second kappa shape index (κ2) is 3.80. The monoisotopic (exact) mass is 159 g/mol. The second-order valence-electron chi connectivity index (χ2n) is 2.47. The van der Waals surface area contributed by atoms with Crippen LogP contribution in [0.15, 0.2) is 0 Å². The molecule has 0 aliphatic rings. The second-order valence-corrected chi connectivity index (χ2v) is 2.47. The molecule has 4 N–H and O–H groups in total. The Morgan fingerprint density at radius 3 is 2.18 bits per heavy atom. The molecule has 11 heavy (non-hydrogen) atoms. The number of hydrogen-bond donors (Lipinski definition) is 2. The van der Waals surface area contributed by atoms with Crippen LogP contribution in [0.2, 0.25) is 0 Å². The Labute approximate surface area is 65.3 Å². The molecular weight excluding hydrogens is 146 g/mol. The van der Waals surface area contributed by atoms with E-state index < -0.39 is 11.9 Å². The van der Waals surface area contributed by atoms with Crippen LogP contribution in [-0.4, -0.2) is 29.9 Å². The van der Waals surface area contributed by atoms with Gasteiger partial charge in [0, 0.05) is 19.5 Å². The Kier molecular flexibility index (Phi) is 3.36. The van der Waals surface area contributed by atoms with E-state index in [2.05, 4.69) is 0 Å². The van der Waals surface area contributed by atoms with Crippen LogP contribution < -0.4 is 11.5 Å². The first-order valence-electron chi connectivity index (χ1n) is 3.25. The standard InChI is InChI=1S/C6H13N3O2/c1-4(3-5(7)10)9(2)6(8)11/h4H,3H2,1-2H3,(H2,7,10)(H2,8,11). The van der Waals surface area contributed by atoms with E-state index in [0.717, 1.165) is 0 Å². The van der Waals surface area contributed by atoms with Gasteiger partial charge >= 0.3 is 6.03 Å². The highest BCUT2D eigenvalue weighted by Crippen LogP contribution is 1.98. The Morgan fingerprint density at radius 1 is 1.45 bits per heavy atom. The Bertz CT molecular complexity index is 169. The number of primary amides is 2. The summed E-state index contributed by atoms with van der Waals surface area (Å²) in [6.07, 6.45) is 0.138. The fraction of sp³-hybridized carbons (Fsp3) is 0.667. The van der Waals surface area contributed by atoms with Gasteiger partial charge in [0.05, 0.1) is 0 Å². The van der Waals surface area contributed by atoms with E-state index >= 15 is 0 Å². The van der Waals surface area contributed by atoms with E-state index in [9.17, 15) is 9.59 Å². The minimum absolute atomic E-state index is 0.138. The molecule has 0 heterocycles. The number of rotatable bonds is 3. The van der Waals surface area contributed by atoms with Gasteiger partial charge in [-0.15, -0.1) is 0 Å². The molecule has 3 amide bonds. The van der Waals surface area contributed by atoms with Crippen molar-refractivity contribution in [3.8, 4) is 0 Å². The van der Waals surface area contributed by atoms with Crippen LogP contribution in [0.25, 0.3) is 0 Å². The number of nitrogens with two attached hydrogens (primary N) is 2. The zero-order valence-corrected chi connectivity index (χ0v) is 6.70. The highest BCUT2D eigenvalue weighted by Gasteiger charge is 2.13. The predicted octanol–water partition coefficient (Wildman–Crippen LogP) is -0.739. The van der Waals surface area contributed by atoms with Crippen LogP contribution in [0.5, 0.6) is 0 Å². The molecule has 1 atom stereocenters. The maximum Gasteiger partial charge on any atom is 0.314 e. The lowest BCUT2D eigenvalue weighted by Gasteiger charge is -2.21. The van der Waals surface area contributed by atoms with Crippen LogP contribution >= 0.6 is 0 Å². The number of carbonyl (C=O) groups excluding carboxylic acids is 2. The average molecular weight is 159 g/mol. The number of urea groups is 1. The third-order valence-corrected chi connectivity index (χ3v) is 1.51. The van der Waals surface area contributed by atoms with Crippen molar-refractivity contribution in [1.82, 2.24) is 4.90 Å². The molecular formula is C6H13N3O2. The topological polar surface area (TPSA) is 89.4 Å². The lowest BCUT2D eigenvalue weighted by molar-refractivity contribution is -0.118. The van der Waals surface area contributed by atoms with Crippen molar-refractivity contribution in [3.05, 3.63) is 0 Å². The molecule has 0 saturated heterocycles. The maximum atomic E-state index is 10.5. The lowest BCUT2D eigenvalue weighted by Crippen LogP contribution is -2.40. The summed E-state index contributed by atoms with van der Waals surface area (Å²) in [6, 6.07) is -0.788. The molecule has 5 nitrogen and oxygen atoms in total.